The van der Waals surface area contributed by atoms with Crippen LogP contribution >= 0.6 is 11.6 Å². The largest absolute Gasteiger partial charge is 0.482 e. The first-order valence-electron chi connectivity index (χ1n) is 22.3. The van der Waals surface area contributed by atoms with Gasteiger partial charge in [0.2, 0.25) is 6.29 Å². The quantitative estimate of drug-likeness (QED) is 0.0913. The van der Waals surface area contributed by atoms with Crippen LogP contribution < -0.4 is 14.2 Å². The van der Waals surface area contributed by atoms with Crippen LogP contribution in [0.2, 0.25) is 5.02 Å². The van der Waals surface area contributed by atoms with Crippen molar-refractivity contribution in [1.82, 2.24) is 0 Å². The molecule has 2 saturated heterocycles. The van der Waals surface area contributed by atoms with Crippen LogP contribution in [0.3, 0.4) is 0 Å². The lowest BCUT2D eigenvalue weighted by Crippen LogP contribution is -2.72. The van der Waals surface area contributed by atoms with Gasteiger partial charge >= 0.3 is 5.97 Å². The molecule has 0 amide bonds. The molecule has 2 aromatic rings. The summed E-state index contributed by atoms with van der Waals surface area (Å²) in [6.07, 6.45) is 4.63. The lowest BCUT2D eigenvalue weighted by atomic mass is 9.51. The summed E-state index contributed by atoms with van der Waals surface area (Å²) < 4.78 is 39.5. The van der Waals surface area contributed by atoms with Crippen LogP contribution in [0.5, 0.6) is 17.2 Å². The second-order valence-corrected chi connectivity index (χ2v) is 19.8. The third-order valence-corrected chi connectivity index (χ3v) is 14.2. The molecule has 13 nitrogen and oxygen atoms in total. The molecule has 4 aliphatic heterocycles. The average Bonchev–Trinajstić information content (AvgIpc) is 3.41. The lowest BCUT2D eigenvalue weighted by Gasteiger charge is -2.56. The lowest BCUT2D eigenvalue weighted by molar-refractivity contribution is -0.277. The highest BCUT2D eigenvalue weighted by atomic mass is 35.5. The molecule has 65 heavy (non-hydrogen) atoms. The summed E-state index contributed by atoms with van der Waals surface area (Å²) in [6.45, 7) is 14.5. The van der Waals surface area contributed by atoms with Gasteiger partial charge in [0.25, 0.3) is 0 Å². The van der Waals surface area contributed by atoms with E-state index < -0.39 is 83.3 Å². The molecule has 4 bridgehead atoms. The zero-order valence-electron chi connectivity index (χ0n) is 38.1. The second-order valence-electron chi connectivity index (χ2n) is 19.4. The number of aliphatic hydroxyl groups is 4. The minimum absolute atomic E-state index is 0.0154. The topological polar surface area (TPSA) is 188 Å². The van der Waals surface area contributed by atoms with E-state index in [-0.39, 0.29) is 53.4 Å². The van der Waals surface area contributed by atoms with Gasteiger partial charge in [-0.2, -0.15) is 0 Å². The van der Waals surface area contributed by atoms with Crippen molar-refractivity contribution < 1.29 is 63.2 Å². The van der Waals surface area contributed by atoms with Gasteiger partial charge in [-0.1, -0.05) is 65.3 Å². The Kier molecular flexibility index (Phi) is 12.4. The number of carbonyl (C=O) groups excluding carboxylic acids is 3. The highest BCUT2D eigenvalue weighted by molar-refractivity contribution is 6.31. The number of allylic oxidation sites excluding steroid dienone is 5. The number of fused-ring (bicyclic) bond motifs is 2. The third kappa shape index (κ3) is 7.80. The molecule has 9 rings (SSSR count). The van der Waals surface area contributed by atoms with Gasteiger partial charge in [0.05, 0.1) is 17.8 Å². The summed E-state index contributed by atoms with van der Waals surface area (Å²) in [4.78, 5) is 44.2. The molecular formula is C51H59ClO13. The van der Waals surface area contributed by atoms with Gasteiger partial charge in [0, 0.05) is 45.6 Å². The number of ketones is 2. The molecule has 348 valence electrons. The third-order valence-electron chi connectivity index (χ3n) is 13.8. The fourth-order valence-corrected chi connectivity index (χ4v) is 10.6. The Morgan fingerprint density at radius 3 is 2.35 bits per heavy atom. The summed E-state index contributed by atoms with van der Waals surface area (Å²) >= 11 is 6.32. The molecule has 1 saturated carbocycles. The number of carbonyl (C=O) groups is 3. The minimum Gasteiger partial charge on any atom is -0.482 e. The number of hydrogen-bond donors (Lipinski definition) is 4. The van der Waals surface area contributed by atoms with E-state index in [9.17, 15) is 30.0 Å². The average molecular weight is 915 g/mol. The number of aliphatic hydroxyl groups excluding tert-OH is 4. The molecule has 4 heterocycles. The fraction of sp³-hybridized carbons (Fsp3) is 0.510. The van der Waals surface area contributed by atoms with Crippen LogP contribution in [0.4, 0.5) is 0 Å². The summed E-state index contributed by atoms with van der Waals surface area (Å²) in [5.41, 5.74) is -1.27. The van der Waals surface area contributed by atoms with E-state index in [0.29, 0.717) is 46.7 Å². The van der Waals surface area contributed by atoms with E-state index in [4.69, 9.17) is 40.0 Å². The van der Waals surface area contributed by atoms with E-state index in [1.807, 2.05) is 66.7 Å². The normalized spacial score (nSPS) is 32.6. The maximum atomic E-state index is 15.8. The molecule has 0 aromatic heterocycles. The Hall–Kier alpha value is -4.60. The molecule has 14 heteroatoms. The van der Waals surface area contributed by atoms with Crippen LogP contribution in [-0.4, -0.2) is 97.7 Å². The Balaban J connectivity index is 1.30. The first-order chi connectivity index (χ1) is 30.7. The monoisotopic (exact) mass is 914 g/mol. The molecule has 0 radical (unpaired) electrons. The zero-order chi connectivity index (χ0) is 47.0. The van der Waals surface area contributed by atoms with Crippen molar-refractivity contribution in [1.29, 1.82) is 0 Å². The molecule has 4 N–H and O–H groups in total. The van der Waals surface area contributed by atoms with E-state index in [1.165, 1.54) is 0 Å². The van der Waals surface area contributed by atoms with E-state index in [2.05, 4.69) is 6.08 Å². The van der Waals surface area contributed by atoms with Crippen molar-refractivity contribution in [2.75, 3.05) is 6.61 Å². The van der Waals surface area contributed by atoms with Crippen molar-refractivity contribution in [3.63, 3.8) is 0 Å². The minimum atomic E-state index is -1.81. The number of esters is 1. The molecule has 7 aliphatic rings. The SMILES string of the molecule is CC(C)=CCCC1(C)C=Cc2c(c(CC=C(C)C)c3c(c2O[C@@H]2O[C@H](CO)[C@@H](O)[C@@H](O)[C@H]2O)C(=O)C2=CC4CC5C(C)(C)OC(CC=C(C)C(=O)OCc6ccccc6Cl)(C4=O)C25O3)O1. The highest BCUT2D eigenvalue weighted by Gasteiger charge is 2.81. The Morgan fingerprint density at radius 1 is 0.938 bits per heavy atom. The van der Waals surface area contributed by atoms with Gasteiger partial charge in [-0.05, 0) is 99.3 Å². The van der Waals surface area contributed by atoms with Crippen molar-refractivity contribution >= 4 is 35.2 Å². The molecule has 3 aliphatic carbocycles. The van der Waals surface area contributed by atoms with Crippen molar-refractivity contribution in [3.8, 4) is 17.2 Å². The Morgan fingerprint density at radius 2 is 1.66 bits per heavy atom. The van der Waals surface area contributed by atoms with Crippen molar-refractivity contribution in [2.45, 2.75) is 147 Å². The maximum absolute atomic E-state index is 15.8. The van der Waals surface area contributed by atoms with Crippen LogP contribution in [-0.2, 0) is 36.8 Å². The predicted molar refractivity (Wildman–Crippen MR) is 241 cm³/mol. The predicted octanol–water partition coefficient (Wildman–Crippen LogP) is 7.02. The second kappa shape index (κ2) is 17.2. The molecule has 2 aromatic carbocycles. The number of hydrogen-bond acceptors (Lipinski definition) is 13. The van der Waals surface area contributed by atoms with Gasteiger partial charge in [-0.3, -0.25) is 9.59 Å². The van der Waals surface area contributed by atoms with E-state index >= 15 is 4.79 Å². The van der Waals surface area contributed by atoms with Crippen LogP contribution in [0, 0.1) is 11.8 Å². The summed E-state index contributed by atoms with van der Waals surface area (Å²) in [6, 6.07) is 7.04. The molecule has 1 spiro atoms. The van der Waals surface area contributed by atoms with Gasteiger partial charge in [0.15, 0.2) is 22.8 Å². The number of benzene rings is 2. The Bertz CT molecular complexity index is 2450. The van der Waals surface area contributed by atoms with Crippen LogP contribution in [0.15, 0.2) is 76.9 Å². The molecule has 3 fully saturated rings. The first kappa shape index (κ1) is 46.9. The standard InChI is InChI=1S/C51H59ClO13/c1-26(2)12-11-19-49(8)20-18-32-42(63-49)31(16-15-27(3)4)44-37(43(32)62-47-41(57)40(56)39(55)35(24-53)61-47)38(54)33-22-30-23-36-48(6,7)65-50(45(30)58,51(33,36)64-44)21-17-28(5)46(59)60-25-29-13-9-10-14-34(29)52/h9-10,12-15,17-18,20,22,30,35-36,39-41,47,53,55-57H,11,16,19,21,23-25H2,1-8H3/t30?,35-,36?,39-,40-,41-,47+,49?,50?,51?/m1/s1. The fourth-order valence-electron chi connectivity index (χ4n) is 10.4. The van der Waals surface area contributed by atoms with Crippen molar-refractivity contribution in [3.05, 3.63) is 104 Å². The molecule has 10 atom stereocenters. The van der Waals surface area contributed by atoms with Crippen LogP contribution in [0.1, 0.15) is 108 Å². The highest BCUT2D eigenvalue weighted by Crippen LogP contribution is 2.69. The summed E-state index contributed by atoms with van der Waals surface area (Å²) in [5, 5.41) is 43.3. The summed E-state index contributed by atoms with van der Waals surface area (Å²) in [7, 11) is 0. The number of halogens is 1. The van der Waals surface area contributed by atoms with E-state index in [0.717, 1.165) is 11.1 Å². The number of ether oxygens (including phenoxy) is 6. The molecular weight excluding hydrogens is 856 g/mol. The van der Waals surface area contributed by atoms with Gasteiger partial charge < -0.3 is 48.8 Å². The smallest absolute Gasteiger partial charge is 0.333 e. The summed E-state index contributed by atoms with van der Waals surface area (Å²) in [5.74, 6) is -2.29. The maximum Gasteiger partial charge on any atom is 0.333 e. The Labute approximate surface area is 384 Å². The first-order valence-corrected chi connectivity index (χ1v) is 22.7. The van der Waals surface area contributed by atoms with Gasteiger partial charge in [-0.15, -0.1) is 0 Å². The van der Waals surface area contributed by atoms with Gasteiger partial charge in [-0.25, -0.2) is 4.79 Å². The van der Waals surface area contributed by atoms with Crippen LogP contribution in [0.25, 0.3) is 6.08 Å². The number of rotatable bonds is 13. The number of Topliss-reactive ketones (excluding diaryl/α,β-unsaturated/α-hetero) is 2. The van der Waals surface area contributed by atoms with E-state index in [1.54, 1.807) is 43.3 Å². The van der Waals surface area contributed by atoms with Gasteiger partial charge in [0.1, 0.15) is 59.4 Å². The molecule has 5 unspecified atom stereocenters. The van der Waals surface area contributed by atoms with Crippen molar-refractivity contribution in [2.24, 2.45) is 11.8 Å². The zero-order valence-corrected chi connectivity index (χ0v) is 38.9.